The summed E-state index contributed by atoms with van der Waals surface area (Å²) in [6.45, 7) is 2.62. The first kappa shape index (κ1) is 17.1. The molecule has 0 bridgehead atoms. The number of fused-ring (bicyclic) bond motifs is 3. The van der Waals surface area contributed by atoms with E-state index in [-0.39, 0.29) is 12.1 Å². The quantitative estimate of drug-likeness (QED) is 0.480. The standard InChI is InChI=1S/C16H23N5O2S/c1-9-4-5-10-11(6-9)24-15-14(10)16(23)21(8-13(22)19-17)12(18-15)7-20(2)3/h9H,4-8,17H2,1-3H3,(H,19,22). The van der Waals surface area contributed by atoms with Gasteiger partial charge in [-0.15, -0.1) is 11.3 Å². The summed E-state index contributed by atoms with van der Waals surface area (Å²) in [4.78, 5) is 33.5. The summed E-state index contributed by atoms with van der Waals surface area (Å²) >= 11 is 1.62. The van der Waals surface area contributed by atoms with E-state index in [0.717, 1.165) is 29.7 Å². The molecule has 130 valence electrons. The van der Waals surface area contributed by atoms with Crippen molar-refractivity contribution in [2.75, 3.05) is 14.1 Å². The van der Waals surface area contributed by atoms with Crippen LogP contribution in [0.3, 0.4) is 0 Å². The Morgan fingerprint density at radius 1 is 1.50 bits per heavy atom. The van der Waals surface area contributed by atoms with Crippen molar-refractivity contribution in [1.82, 2.24) is 19.9 Å². The van der Waals surface area contributed by atoms with Crippen molar-refractivity contribution < 1.29 is 4.79 Å². The van der Waals surface area contributed by atoms with Crippen LogP contribution in [0.1, 0.15) is 29.6 Å². The van der Waals surface area contributed by atoms with E-state index >= 15 is 0 Å². The fraction of sp³-hybridized carbons (Fsp3) is 0.562. The van der Waals surface area contributed by atoms with Crippen molar-refractivity contribution in [1.29, 1.82) is 0 Å². The third-order valence-electron chi connectivity index (χ3n) is 4.41. The molecule has 0 saturated carbocycles. The van der Waals surface area contributed by atoms with Crippen LogP contribution in [0, 0.1) is 5.92 Å². The minimum atomic E-state index is -0.407. The zero-order valence-electron chi connectivity index (χ0n) is 14.3. The monoisotopic (exact) mass is 349 g/mol. The van der Waals surface area contributed by atoms with Crippen LogP contribution in [0.5, 0.6) is 0 Å². The SMILES string of the molecule is CC1CCc2c(sc3nc(CN(C)C)n(CC(=O)NN)c(=O)c23)C1. The minimum absolute atomic E-state index is 0.109. The lowest BCUT2D eigenvalue weighted by Gasteiger charge is -2.18. The molecule has 0 radical (unpaired) electrons. The minimum Gasteiger partial charge on any atom is -0.302 e. The first-order valence-corrected chi connectivity index (χ1v) is 8.90. The fourth-order valence-electron chi connectivity index (χ4n) is 3.22. The normalized spacial score (nSPS) is 17.3. The van der Waals surface area contributed by atoms with E-state index in [2.05, 4.69) is 12.3 Å². The molecule has 1 aliphatic rings. The van der Waals surface area contributed by atoms with Crippen LogP contribution >= 0.6 is 11.3 Å². The van der Waals surface area contributed by atoms with Gasteiger partial charge in [0.05, 0.1) is 11.9 Å². The van der Waals surface area contributed by atoms with Crippen molar-refractivity contribution in [2.45, 2.75) is 39.3 Å². The Bertz CT molecular complexity index is 839. The highest BCUT2D eigenvalue weighted by Gasteiger charge is 2.25. The van der Waals surface area contributed by atoms with Crippen LogP contribution in [0.25, 0.3) is 10.2 Å². The molecular weight excluding hydrogens is 326 g/mol. The molecule has 2 aromatic rings. The molecule has 3 N–H and O–H groups in total. The fourth-order valence-corrected chi connectivity index (χ4v) is 4.61. The Kier molecular flexibility index (Phi) is 4.71. The number of nitrogens with two attached hydrogens (primary N) is 1. The Labute approximate surface area is 144 Å². The largest absolute Gasteiger partial charge is 0.302 e. The van der Waals surface area contributed by atoms with Crippen LogP contribution < -0.4 is 16.8 Å². The number of aryl methyl sites for hydroxylation is 1. The number of amides is 1. The number of nitrogens with zero attached hydrogens (tertiary/aromatic N) is 3. The van der Waals surface area contributed by atoms with Gasteiger partial charge in [0.15, 0.2) is 0 Å². The molecular formula is C16H23N5O2S. The number of hydrazine groups is 1. The van der Waals surface area contributed by atoms with Crippen LogP contribution in [-0.4, -0.2) is 34.5 Å². The third kappa shape index (κ3) is 3.09. The van der Waals surface area contributed by atoms with Crippen molar-refractivity contribution in [2.24, 2.45) is 11.8 Å². The van der Waals surface area contributed by atoms with E-state index in [9.17, 15) is 9.59 Å². The van der Waals surface area contributed by atoms with Gasteiger partial charge in [0.2, 0.25) is 0 Å². The smallest absolute Gasteiger partial charge is 0.263 e. The maximum atomic E-state index is 13.1. The molecule has 0 aliphatic heterocycles. The molecule has 1 atom stereocenters. The van der Waals surface area contributed by atoms with Gasteiger partial charge in [-0.1, -0.05) is 6.92 Å². The number of carbonyl (C=O) groups is 1. The highest BCUT2D eigenvalue weighted by Crippen LogP contribution is 2.35. The van der Waals surface area contributed by atoms with Crippen LogP contribution in [-0.2, 0) is 30.7 Å². The lowest BCUT2D eigenvalue weighted by Crippen LogP contribution is -2.38. The second kappa shape index (κ2) is 6.62. The molecule has 7 nitrogen and oxygen atoms in total. The number of thiophene rings is 1. The van der Waals surface area contributed by atoms with Crippen molar-refractivity contribution >= 4 is 27.5 Å². The lowest BCUT2D eigenvalue weighted by molar-refractivity contribution is -0.121. The van der Waals surface area contributed by atoms with E-state index in [4.69, 9.17) is 10.8 Å². The van der Waals surface area contributed by atoms with Gasteiger partial charge in [0, 0.05) is 4.88 Å². The Morgan fingerprint density at radius 2 is 2.25 bits per heavy atom. The first-order chi connectivity index (χ1) is 11.4. The van der Waals surface area contributed by atoms with Gasteiger partial charge in [-0.25, -0.2) is 10.8 Å². The average Bonchev–Trinajstić information content (AvgIpc) is 2.87. The summed E-state index contributed by atoms with van der Waals surface area (Å²) in [5.41, 5.74) is 3.09. The average molecular weight is 349 g/mol. The van der Waals surface area contributed by atoms with Crippen molar-refractivity contribution in [3.63, 3.8) is 0 Å². The molecule has 24 heavy (non-hydrogen) atoms. The summed E-state index contributed by atoms with van der Waals surface area (Å²) in [5, 5.41) is 0.689. The number of aromatic nitrogens is 2. The number of carbonyl (C=O) groups excluding carboxylic acids is 1. The van der Waals surface area contributed by atoms with Gasteiger partial charge in [-0.05, 0) is 44.8 Å². The van der Waals surface area contributed by atoms with Gasteiger partial charge in [-0.3, -0.25) is 19.6 Å². The molecule has 1 unspecified atom stereocenters. The highest BCUT2D eigenvalue weighted by atomic mass is 32.1. The number of hydrogen-bond acceptors (Lipinski definition) is 6. The summed E-state index contributed by atoms with van der Waals surface area (Å²) in [7, 11) is 3.82. The van der Waals surface area contributed by atoms with Crippen LogP contribution in [0.4, 0.5) is 0 Å². The number of hydrogen-bond donors (Lipinski definition) is 2. The maximum Gasteiger partial charge on any atom is 0.263 e. The number of nitrogens with one attached hydrogen (secondary N) is 1. The molecule has 2 heterocycles. The first-order valence-electron chi connectivity index (χ1n) is 8.08. The number of rotatable bonds is 4. The predicted molar refractivity (Wildman–Crippen MR) is 94.8 cm³/mol. The summed E-state index contributed by atoms with van der Waals surface area (Å²) in [6, 6.07) is 0. The van der Waals surface area contributed by atoms with Crippen molar-refractivity contribution in [3.05, 3.63) is 26.6 Å². The summed E-state index contributed by atoms with van der Waals surface area (Å²) in [6.07, 6.45) is 2.99. The van der Waals surface area contributed by atoms with Gasteiger partial charge in [0.25, 0.3) is 11.5 Å². The van der Waals surface area contributed by atoms with E-state index in [0.29, 0.717) is 23.7 Å². The van der Waals surface area contributed by atoms with E-state index < -0.39 is 5.91 Å². The van der Waals surface area contributed by atoms with Crippen molar-refractivity contribution in [3.8, 4) is 0 Å². The summed E-state index contributed by atoms with van der Waals surface area (Å²) in [5.74, 6) is 6.02. The summed E-state index contributed by atoms with van der Waals surface area (Å²) < 4.78 is 1.45. The maximum absolute atomic E-state index is 13.1. The second-order valence-corrected chi connectivity index (χ2v) is 7.84. The molecule has 3 rings (SSSR count). The second-order valence-electron chi connectivity index (χ2n) is 6.76. The molecule has 1 aliphatic carbocycles. The Balaban J connectivity index is 2.20. The Morgan fingerprint density at radius 3 is 2.92 bits per heavy atom. The highest BCUT2D eigenvalue weighted by molar-refractivity contribution is 7.18. The van der Waals surface area contributed by atoms with Crippen LogP contribution in [0.15, 0.2) is 4.79 Å². The lowest BCUT2D eigenvalue weighted by atomic mass is 9.89. The molecule has 1 amide bonds. The van der Waals surface area contributed by atoms with Crippen LogP contribution in [0.2, 0.25) is 0 Å². The van der Waals surface area contributed by atoms with Gasteiger partial charge in [-0.2, -0.15) is 0 Å². The topological polar surface area (TPSA) is 93.2 Å². The van der Waals surface area contributed by atoms with E-state index in [1.165, 1.54) is 9.44 Å². The zero-order valence-corrected chi connectivity index (χ0v) is 15.1. The molecule has 2 aromatic heterocycles. The predicted octanol–water partition coefficient (Wildman–Crippen LogP) is 0.634. The molecule has 8 heteroatoms. The van der Waals surface area contributed by atoms with Gasteiger partial charge >= 0.3 is 0 Å². The zero-order chi connectivity index (χ0) is 17.4. The van der Waals surface area contributed by atoms with E-state index in [1.807, 2.05) is 19.0 Å². The molecule has 0 spiro atoms. The molecule has 0 fully saturated rings. The van der Waals surface area contributed by atoms with Gasteiger partial charge < -0.3 is 4.90 Å². The molecule has 0 aromatic carbocycles. The van der Waals surface area contributed by atoms with Gasteiger partial charge in [0.1, 0.15) is 17.2 Å². The molecule has 0 saturated heterocycles. The third-order valence-corrected chi connectivity index (χ3v) is 5.56. The Hall–Kier alpha value is -1.77. The van der Waals surface area contributed by atoms with E-state index in [1.54, 1.807) is 11.3 Å².